The maximum Gasteiger partial charge on any atom is 0.193 e. The maximum atomic E-state index is 12.2. The van der Waals surface area contributed by atoms with Crippen LogP contribution in [0.15, 0.2) is 56.1 Å². The van der Waals surface area contributed by atoms with Gasteiger partial charge < -0.3 is 9.52 Å². The van der Waals surface area contributed by atoms with Crippen molar-refractivity contribution in [2.24, 2.45) is 0 Å². The van der Waals surface area contributed by atoms with Gasteiger partial charge in [-0.3, -0.25) is 4.79 Å². The summed E-state index contributed by atoms with van der Waals surface area (Å²) in [5.41, 5.74) is 1.86. The lowest BCUT2D eigenvalue weighted by molar-refractivity contribution is 0.474. The van der Waals surface area contributed by atoms with Crippen molar-refractivity contribution >= 4 is 26.9 Å². The molecule has 2 aromatic carbocycles. The zero-order valence-electron chi connectivity index (χ0n) is 10.7. The van der Waals surface area contributed by atoms with Gasteiger partial charge in [0.2, 0.25) is 0 Å². The number of aryl methyl sites for hydroxylation is 1. The third-order valence-corrected chi connectivity index (χ3v) is 4.03. The van der Waals surface area contributed by atoms with Crippen LogP contribution in [-0.2, 0) is 0 Å². The largest absolute Gasteiger partial charge is 0.507 e. The summed E-state index contributed by atoms with van der Waals surface area (Å²) in [5.74, 6) is 0.450. The SMILES string of the molecule is Cc1cc2oc(-c3ccccc3O)cc(=O)c2cc1Br. The van der Waals surface area contributed by atoms with Crippen LogP contribution in [0.3, 0.4) is 0 Å². The minimum Gasteiger partial charge on any atom is -0.507 e. The van der Waals surface area contributed by atoms with Crippen molar-refractivity contribution in [1.82, 2.24) is 0 Å². The summed E-state index contributed by atoms with van der Waals surface area (Å²) in [7, 11) is 0. The highest BCUT2D eigenvalue weighted by molar-refractivity contribution is 9.10. The summed E-state index contributed by atoms with van der Waals surface area (Å²) < 4.78 is 6.63. The third kappa shape index (κ3) is 2.12. The summed E-state index contributed by atoms with van der Waals surface area (Å²) in [6, 6.07) is 11.7. The zero-order valence-corrected chi connectivity index (χ0v) is 12.3. The van der Waals surface area contributed by atoms with Crippen LogP contribution in [0.4, 0.5) is 0 Å². The zero-order chi connectivity index (χ0) is 14.3. The predicted molar refractivity (Wildman–Crippen MR) is 82.0 cm³/mol. The van der Waals surface area contributed by atoms with E-state index in [4.69, 9.17) is 4.42 Å². The highest BCUT2D eigenvalue weighted by Gasteiger charge is 2.11. The highest BCUT2D eigenvalue weighted by atomic mass is 79.9. The first-order chi connectivity index (χ1) is 9.56. The van der Waals surface area contributed by atoms with E-state index in [2.05, 4.69) is 15.9 Å². The molecule has 4 heteroatoms. The molecule has 0 unspecified atom stereocenters. The minimum atomic E-state index is -0.134. The van der Waals surface area contributed by atoms with Gasteiger partial charge in [0.05, 0.1) is 10.9 Å². The van der Waals surface area contributed by atoms with Crippen LogP contribution in [0, 0.1) is 6.92 Å². The Kier molecular flexibility index (Phi) is 3.10. The first-order valence-electron chi connectivity index (χ1n) is 6.08. The summed E-state index contributed by atoms with van der Waals surface area (Å²) in [4.78, 5) is 12.2. The van der Waals surface area contributed by atoms with E-state index < -0.39 is 0 Å². The van der Waals surface area contributed by atoms with Crippen LogP contribution in [0.5, 0.6) is 5.75 Å². The number of hydrogen-bond acceptors (Lipinski definition) is 3. The number of rotatable bonds is 1. The molecule has 0 atom stereocenters. The molecule has 0 saturated carbocycles. The fraction of sp³-hybridized carbons (Fsp3) is 0.0625. The second-order valence-electron chi connectivity index (χ2n) is 4.59. The Morgan fingerprint density at radius 3 is 2.65 bits per heavy atom. The molecular weight excluding hydrogens is 320 g/mol. The van der Waals surface area contributed by atoms with Gasteiger partial charge in [-0.1, -0.05) is 28.1 Å². The summed E-state index contributed by atoms with van der Waals surface area (Å²) in [6.07, 6.45) is 0. The Balaban J connectivity index is 2.33. The summed E-state index contributed by atoms with van der Waals surface area (Å²) in [5, 5.41) is 10.4. The van der Waals surface area contributed by atoms with Crippen molar-refractivity contribution in [3.8, 4) is 17.1 Å². The smallest absolute Gasteiger partial charge is 0.193 e. The molecule has 0 spiro atoms. The van der Waals surface area contributed by atoms with Crippen molar-refractivity contribution < 1.29 is 9.52 Å². The predicted octanol–water partition coefficient (Wildman–Crippen LogP) is 4.24. The molecular formula is C16H11BrO3. The molecule has 1 aromatic heterocycles. The number of halogens is 1. The monoisotopic (exact) mass is 330 g/mol. The van der Waals surface area contributed by atoms with Crippen LogP contribution in [0.1, 0.15) is 5.56 Å². The van der Waals surface area contributed by atoms with Crippen LogP contribution < -0.4 is 5.43 Å². The summed E-state index contributed by atoms with van der Waals surface area (Å²) >= 11 is 3.40. The number of para-hydroxylation sites is 1. The van der Waals surface area contributed by atoms with Crippen molar-refractivity contribution in [1.29, 1.82) is 0 Å². The van der Waals surface area contributed by atoms with Gasteiger partial charge in [-0.2, -0.15) is 0 Å². The van der Waals surface area contributed by atoms with Crippen molar-refractivity contribution in [3.05, 3.63) is 62.7 Å². The van der Waals surface area contributed by atoms with Gasteiger partial charge in [-0.25, -0.2) is 0 Å². The Morgan fingerprint density at radius 1 is 1.15 bits per heavy atom. The van der Waals surface area contributed by atoms with Crippen molar-refractivity contribution in [3.63, 3.8) is 0 Å². The standard InChI is InChI=1S/C16H11BrO3/c1-9-6-15-11(7-12(9)17)14(19)8-16(20-15)10-4-2-3-5-13(10)18/h2-8,18H,1H3. The maximum absolute atomic E-state index is 12.2. The molecule has 20 heavy (non-hydrogen) atoms. The average Bonchev–Trinajstić information content (AvgIpc) is 2.41. The van der Waals surface area contributed by atoms with E-state index in [0.29, 0.717) is 22.3 Å². The number of phenols is 1. The minimum absolute atomic E-state index is 0.0869. The van der Waals surface area contributed by atoms with E-state index in [1.807, 2.05) is 13.0 Å². The van der Waals surface area contributed by atoms with Crippen LogP contribution in [-0.4, -0.2) is 5.11 Å². The van der Waals surface area contributed by atoms with Gasteiger partial charge in [-0.15, -0.1) is 0 Å². The molecule has 1 N–H and O–H groups in total. The quantitative estimate of drug-likeness (QED) is 0.726. The molecule has 3 rings (SSSR count). The first kappa shape index (κ1) is 12.9. The number of aromatic hydroxyl groups is 1. The van der Waals surface area contributed by atoms with E-state index in [-0.39, 0.29) is 11.2 Å². The number of benzene rings is 2. The second kappa shape index (κ2) is 4.80. The first-order valence-corrected chi connectivity index (χ1v) is 6.88. The second-order valence-corrected chi connectivity index (χ2v) is 5.44. The highest BCUT2D eigenvalue weighted by Crippen LogP contribution is 2.30. The van der Waals surface area contributed by atoms with E-state index in [0.717, 1.165) is 10.0 Å². The molecule has 3 aromatic rings. The molecule has 100 valence electrons. The Labute approximate surface area is 123 Å². The molecule has 0 aliphatic heterocycles. The van der Waals surface area contributed by atoms with E-state index in [1.165, 1.54) is 6.07 Å². The topological polar surface area (TPSA) is 50.4 Å². The molecule has 0 saturated heterocycles. The molecule has 3 nitrogen and oxygen atoms in total. The molecule has 0 fully saturated rings. The van der Waals surface area contributed by atoms with Crippen LogP contribution in [0.2, 0.25) is 0 Å². The molecule has 0 amide bonds. The Morgan fingerprint density at radius 2 is 1.90 bits per heavy atom. The third-order valence-electron chi connectivity index (χ3n) is 3.18. The average molecular weight is 331 g/mol. The Hall–Kier alpha value is -2.07. The number of hydrogen-bond donors (Lipinski definition) is 1. The summed E-state index contributed by atoms with van der Waals surface area (Å²) in [6.45, 7) is 1.93. The molecule has 1 heterocycles. The van der Waals surface area contributed by atoms with Crippen molar-refractivity contribution in [2.75, 3.05) is 0 Å². The van der Waals surface area contributed by atoms with E-state index >= 15 is 0 Å². The lowest BCUT2D eigenvalue weighted by Gasteiger charge is -2.06. The normalized spacial score (nSPS) is 10.9. The fourth-order valence-electron chi connectivity index (χ4n) is 2.09. The molecule has 0 radical (unpaired) electrons. The van der Waals surface area contributed by atoms with Gasteiger partial charge in [0, 0.05) is 10.5 Å². The van der Waals surface area contributed by atoms with Gasteiger partial charge in [0.25, 0.3) is 0 Å². The Bertz CT molecular complexity index is 865. The molecule has 0 aliphatic carbocycles. The van der Waals surface area contributed by atoms with Gasteiger partial charge in [0.1, 0.15) is 17.1 Å². The van der Waals surface area contributed by atoms with Gasteiger partial charge >= 0.3 is 0 Å². The number of phenolic OH excluding ortho intramolecular Hbond substituents is 1. The lowest BCUT2D eigenvalue weighted by atomic mass is 10.1. The molecule has 0 bridgehead atoms. The van der Waals surface area contributed by atoms with Crippen LogP contribution in [0.25, 0.3) is 22.3 Å². The molecule has 0 aliphatic rings. The van der Waals surface area contributed by atoms with Gasteiger partial charge in [-0.05, 0) is 36.8 Å². The fourth-order valence-corrected chi connectivity index (χ4v) is 2.43. The van der Waals surface area contributed by atoms with E-state index in [1.54, 1.807) is 30.3 Å². The number of fused-ring (bicyclic) bond motifs is 1. The van der Waals surface area contributed by atoms with Crippen LogP contribution >= 0.6 is 15.9 Å². The van der Waals surface area contributed by atoms with Crippen molar-refractivity contribution in [2.45, 2.75) is 6.92 Å². The van der Waals surface area contributed by atoms with Gasteiger partial charge in [0.15, 0.2) is 5.43 Å². The van der Waals surface area contributed by atoms with E-state index in [9.17, 15) is 9.90 Å². The lowest BCUT2D eigenvalue weighted by Crippen LogP contribution is -2.01.